The first-order valence-corrected chi connectivity index (χ1v) is 12.8. The highest BCUT2D eigenvalue weighted by Crippen LogP contribution is 2.25. The Kier molecular flexibility index (Phi) is 8.15. The van der Waals surface area contributed by atoms with Crippen molar-refractivity contribution in [1.82, 2.24) is 30.1 Å². The number of rotatable bonds is 7. The molecule has 4 rings (SSSR count). The fourth-order valence-corrected chi connectivity index (χ4v) is 4.63. The summed E-state index contributed by atoms with van der Waals surface area (Å²) in [5.74, 6) is -1.31. The number of nitrogens with one attached hydrogen (secondary N) is 2. The number of nitrogens with zero attached hydrogens (tertiary/aromatic N) is 4. The van der Waals surface area contributed by atoms with Crippen LogP contribution in [0.15, 0.2) is 30.3 Å². The Hall–Kier alpha value is -3.82. The van der Waals surface area contributed by atoms with Crippen LogP contribution in [-0.4, -0.2) is 62.9 Å². The molecule has 1 aliphatic heterocycles. The van der Waals surface area contributed by atoms with Gasteiger partial charge in [0.05, 0.1) is 5.69 Å². The average Bonchev–Trinajstić information content (AvgIpc) is 3.19. The van der Waals surface area contributed by atoms with Gasteiger partial charge in [0.1, 0.15) is 11.5 Å². The van der Waals surface area contributed by atoms with Gasteiger partial charge in [0.25, 0.3) is 11.8 Å². The highest BCUT2D eigenvalue weighted by atomic mass is 19.1. The van der Waals surface area contributed by atoms with Gasteiger partial charge >= 0.3 is 0 Å². The van der Waals surface area contributed by atoms with E-state index in [1.807, 2.05) is 11.8 Å². The molecule has 0 radical (unpaired) electrons. The Morgan fingerprint density at radius 3 is 2.59 bits per heavy atom. The standard InChI is InChI=1S/C27H33FN6O3/c1-4-20-15-24(27(37)33-13-7-5-6-8-17(33)2)31-25-16-23(32-34(20)25)21-10-9-19(14-22(21)28)26(36)30-12-11-29-18(3)35/h9-10,14-17H,4-8,11-13H2,1-3H3,(H,29,35)(H,30,36). The van der Waals surface area contributed by atoms with Gasteiger partial charge in [-0.1, -0.05) is 19.8 Å². The number of carbonyl (C=O) groups excluding carboxylic acids is 3. The van der Waals surface area contributed by atoms with Gasteiger partial charge in [0, 0.05) is 55.5 Å². The van der Waals surface area contributed by atoms with Gasteiger partial charge in [0.15, 0.2) is 5.65 Å². The maximum Gasteiger partial charge on any atom is 0.272 e. The Bertz CT molecular complexity index is 1320. The molecule has 196 valence electrons. The Morgan fingerprint density at radius 1 is 1.08 bits per heavy atom. The third-order valence-electron chi connectivity index (χ3n) is 6.69. The van der Waals surface area contributed by atoms with Gasteiger partial charge in [-0.3, -0.25) is 14.4 Å². The normalized spacial score (nSPS) is 15.9. The maximum atomic E-state index is 15.1. The van der Waals surface area contributed by atoms with Crippen LogP contribution in [0, 0.1) is 5.82 Å². The first-order chi connectivity index (χ1) is 17.8. The molecule has 1 aromatic carbocycles. The van der Waals surface area contributed by atoms with E-state index >= 15 is 4.39 Å². The minimum Gasteiger partial charge on any atom is -0.355 e. The van der Waals surface area contributed by atoms with Gasteiger partial charge in [0.2, 0.25) is 5.91 Å². The molecule has 0 bridgehead atoms. The SMILES string of the molecule is CCc1cc(C(=O)N2CCCCCC2C)nc2cc(-c3ccc(C(=O)NCCNC(C)=O)cc3F)nn12. The molecule has 0 saturated carbocycles. The van der Waals surface area contributed by atoms with Crippen LogP contribution in [-0.2, 0) is 11.2 Å². The van der Waals surface area contributed by atoms with E-state index < -0.39 is 11.7 Å². The second-order valence-electron chi connectivity index (χ2n) is 9.42. The Morgan fingerprint density at radius 2 is 1.86 bits per heavy atom. The number of amides is 3. The van der Waals surface area contributed by atoms with Crippen molar-refractivity contribution in [3.8, 4) is 11.3 Å². The lowest BCUT2D eigenvalue weighted by atomic mass is 10.1. The summed E-state index contributed by atoms with van der Waals surface area (Å²) in [6, 6.07) is 7.80. The zero-order valence-electron chi connectivity index (χ0n) is 21.5. The first-order valence-electron chi connectivity index (χ1n) is 12.8. The Labute approximate surface area is 215 Å². The number of hydrogen-bond donors (Lipinski definition) is 2. The number of aromatic nitrogens is 3. The number of hydrogen-bond acceptors (Lipinski definition) is 5. The van der Waals surface area contributed by atoms with Crippen LogP contribution in [0.3, 0.4) is 0 Å². The molecule has 0 aliphatic carbocycles. The highest BCUT2D eigenvalue weighted by molar-refractivity contribution is 5.95. The smallest absolute Gasteiger partial charge is 0.272 e. The van der Waals surface area contributed by atoms with Crippen molar-refractivity contribution in [2.75, 3.05) is 19.6 Å². The predicted octanol–water partition coefficient (Wildman–Crippen LogP) is 3.37. The molecule has 2 N–H and O–H groups in total. The fourth-order valence-electron chi connectivity index (χ4n) is 4.63. The van der Waals surface area contributed by atoms with Crippen molar-refractivity contribution in [3.05, 3.63) is 53.1 Å². The predicted molar refractivity (Wildman–Crippen MR) is 138 cm³/mol. The van der Waals surface area contributed by atoms with E-state index in [0.29, 0.717) is 23.5 Å². The van der Waals surface area contributed by atoms with Crippen molar-refractivity contribution >= 4 is 23.4 Å². The lowest BCUT2D eigenvalue weighted by Gasteiger charge is -2.27. The highest BCUT2D eigenvalue weighted by Gasteiger charge is 2.25. The second-order valence-corrected chi connectivity index (χ2v) is 9.42. The largest absolute Gasteiger partial charge is 0.355 e. The van der Waals surface area contributed by atoms with Crippen LogP contribution < -0.4 is 10.6 Å². The molecule has 2 aromatic heterocycles. The summed E-state index contributed by atoms with van der Waals surface area (Å²) in [7, 11) is 0. The molecule has 1 fully saturated rings. The molecule has 1 aliphatic rings. The number of likely N-dealkylation sites (tertiary alicyclic amines) is 1. The van der Waals surface area contributed by atoms with Gasteiger partial charge in [-0.05, 0) is 50.5 Å². The van der Waals surface area contributed by atoms with Gasteiger partial charge < -0.3 is 15.5 Å². The number of benzene rings is 1. The summed E-state index contributed by atoms with van der Waals surface area (Å²) in [5, 5.41) is 9.78. The molecule has 10 heteroatoms. The minimum atomic E-state index is -0.592. The van der Waals surface area contributed by atoms with E-state index in [9.17, 15) is 14.4 Å². The molecule has 1 saturated heterocycles. The van der Waals surface area contributed by atoms with Crippen LogP contribution in [0.1, 0.15) is 73.0 Å². The van der Waals surface area contributed by atoms with Gasteiger partial charge in [-0.25, -0.2) is 13.9 Å². The second kappa shape index (κ2) is 11.5. The first kappa shape index (κ1) is 26.2. The van der Waals surface area contributed by atoms with Gasteiger partial charge in [-0.2, -0.15) is 5.10 Å². The third-order valence-corrected chi connectivity index (χ3v) is 6.69. The van der Waals surface area contributed by atoms with Crippen molar-refractivity contribution in [1.29, 1.82) is 0 Å². The van der Waals surface area contributed by atoms with Crippen LogP contribution in [0.5, 0.6) is 0 Å². The molecule has 3 heterocycles. The molecule has 9 nitrogen and oxygen atoms in total. The summed E-state index contributed by atoms with van der Waals surface area (Å²) < 4.78 is 16.7. The summed E-state index contributed by atoms with van der Waals surface area (Å²) in [5.41, 5.74) is 2.41. The number of halogens is 1. The molecule has 0 spiro atoms. The fraction of sp³-hybridized carbons (Fsp3) is 0.444. The van der Waals surface area contributed by atoms with E-state index in [4.69, 9.17) is 0 Å². The molecular formula is C27H33FN6O3. The maximum absolute atomic E-state index is 15.1. The third kappa shape index (κ3) is 5.95. The van der Waals surface area contributed by atoms with E-state index in [0.717, 1.165) is 44.0 Å². The van der Waals surface area contributed by atoms with E-state index in [-0.39, 0.29) is 42.1 Å². The van der Waals surface area contributed by atoms with Crippen LogP contribution in [0.2, 0.25) is 0 Å². The molecule has 37 heavy (non-hydrogen) atoms. The molecule has 3 aromatic rings. The van der Waals surface area contributed by atoms with Gasteiger partial charge in [-0.15, -0.1) is 0 Å². The quantitative estimate of drug-likeness (QED) is 0.476. The van der Waals surface area contributed by atoms with E-state index in [2.05, 4.69) is 27.6 Å². The van der Waals surface area contributed by atoms with E-state index in [1.165, 1.54) is 19.1 Å². The summed E-state index contributed by atoms with van der Waals surface area (Å²) in [6.45, 7) is 6.68. The number of fused-ring (bicyclic) bond motifs is 1. The van der Waals surface area contributed by atoms with Crippen molar-refractivity contribution in [2.24, 2.45) is 0 Å². The van der Waals surface area contributed by atoms with Crippen molar-refractivity contribution < 1.29 is 18.8 Å². The summed E-state index contributed by atoms with van der Waals surface area (Å²) in [4.78, 5) is 43.1. The monoisotopic (exact) mass is 508 g/mol. The van der Waals surface area contributed by atoms with Crippen molar-refractivity contribution in [3.63, 3.8) is 0 Å². The lowest BCUT2D eigenvalue weighted by Crippen LogP contribution is -2.38. The summed E-state index contributed by atoms with van der Waals surface area (Å²) in [6.07, 6.45) is 4.82. The van der Waals surface area contributed by atoms with Crippen molar-refractivity contribution in [2.45, 2.75) is 58.9 Å². The Balaban J connectivity index is 1.58. The summed E-state index contributed by atoms with van der Waals surface area (Å²) >= 11 is 0. The lowest BCUT2D eigenvalue weighted by molar-refractivity contribution is -0.118. The number of carbonyl (C=O) groups is 3. The van der Waals surface area contributed by atoms with Crippen LogP contribution >= 0.6 is 0 Å². The molecule has 3 amide bonds. The molecule has 1 unspecified atom stereocenters. The molecular weight excluding hydrogens is 475 g/mol. The molecule has 1 atom stereocenters. The topological polar surface area (TPSA) is 109 Å². The van der Waals surface area contributed by atoms with Crippen LogP contribution in [0.4, 0.5) is 4.39 Å². The average molecular weight is 509 g/mol. The minimum absolute atomic E-state index is 0.0885. The zero-order chi connectivity index (χ0) is 26.5. The number of aryl methyl sites for hydroxylation is 1. The van der Waals surface area contributed by atoms with Crippen LogP contribution in [0.25, 0.3) is 16.9 Å². The van der Waals surface area contributed by atoms with E-state index in [1.54, 1.807) is 16.6 Å². The zero-order valence-corrected chi connectivity index (χ0v) is 21.5.